The maximum Gasteiger partial charge on any atom is 0.191 e. The van der Waals surface area contributed by atoms with Crippen LogP contribution in [0.25, 0.3) is 0 Å². The molecular formula is C19H33N5. The third kappa shape index (κ3) is 5.41. The number of likely N-dealkylation sites (tertiary alicyclic amines) is 1. The van der Waals surface area contributed by atoms with Gasteiger partial charge in [-0.15, -0.1) is 0 Å². The Morgan fingerprint density at radius 1 is 1.38 bits per heavy atom. The minimum absolute atomic E-state index is 0.628. The Morgan fingerprint density at radius 3 is 2.83 bits per heavy atom. The highest BCUT2D eigenvalue weighted by Gasteiger charge is 2.20. The van der Waals surface area contributed by atoms with Crippen molar-refractivity contribution in [2.24, 2.45) is 4.99 Å². The summed E-state index contributed by atoms with van der Waals surface area (Å²) in [5.74, 6) is 0.899. The first kappa shape index (κ1) is 18.6. The van der Waals surface area contributed by atoms with Crippen molar-refractivity contribution in [2.45, 2.75) is 32.7 Å². The third-order valence-electron chi connectivity index (χ3n) is 4.82. The average Bonchev–Trinajstić information content (AvgIpc) is 2.99. The van der Waals surface area contributed by atoms with Crippen LogP contribution in [0.4, 0.5) is 5.69 Å². The minimum atomic E-state index is 0.628. The molecule has 1 aliphatic rings. The largest absolute Gasteiger partial charge is 0.370 e. The van der Waals surface area contributed by atoms with E-state index in [2.05, 4.69) is 70.6 Å². The molecule has 0 spiro atoms. The van der Waals surface area contributed by atoms with Gasteiger partial charge in [0.2, 0.25) is 0 Å². The predicted octanol–water partition coefficient (Wildman–Crippen LogP) is 2.08. The molecule has 1 atom stereocenters. The Bertz CT molecular complexity index is 528. The summed E-state index contributed by atoms with van der Waals surface area (Å²) in [4.78, 5) is 9.16. The van der Waals surface area contributed by atoms with E-state index in [-0.39, 0.29) is 0 Å². The number of guanidine groups is 1. The number of hydrogen-bond donors (Lipinski definition) is 2. The maximum absolute atomic E-state index is 4.34. The van der Waals surface area contributed by atoms with E-state index in [0.717, 1.165) is 32.1 Å². The number of anilines is 1. The topological polar surface area (TPSA) is 42.9 Å². The molecule has 2 N–H and O–H groups in total. The molecule has 5 heteroatoms. The molecule has 1 aromatic carbocycles. The number of rotatable bonds is 7. The Hall–Kier alpha value is -1.75. The molecule has 1 aromatic rings. The summed E-state index contributed by atoms with van der Waals surface area (Å²) in [6.45, 7) is 9.36. The molecule has 1 aliphatic heterocycles. The summed E-state index contributed by atoms with van der Waals surface area (Å²) in [5.41, 5.74) is 2.59. The Labute approximate surface area is 147 Å². The molecule has 0 radical (unpaired) electrons. The van der Waals surface area contributed by atoms with Crippen molar-refractivity contribution in [3.63, 3.8) is 0 Å². The smallest absolute Gasteiger partial charge is 0.191 e. The maximum atomic E-state index is 4.34. The SMILES string of the molecule is CCN(CCNC(=NC)NCC1CCCN1C)c1cccc(C)c1. The molecule has 134 valence electrons. The summed E-state index contributed by atoms with van der Waals surface area (Å²) >= 11 is 0. The van der Waals surface area contributed by atoms with Crippen LogP contribution in [0.1, 0.15) is 25.3 Å². The summed E-state index contributed by atoms with van der Waals surface area (Å²) in [7, 11) is 4.04. The Balaban J connectivity index is 1.76. The van der Waals surface area contributed by atoms with Gasteiger partial charge < -0.3 is 20.4 Å². The number of benzene rings is 1. The van der Waals surface area contributed by atoms with E-state index < -0.39 is 0 Å². The van der Waals surface area contributed by atoms with Gasteiger partial charge in [0.1, 0.15) is 0 Å². The fourth-order valence-corrected chi connectivity index (χ4v) is 3.28. The van der Waals surface area contributed by atoms with Gasteiger partial charge in [0.05, 0.1) is 0 Å². The van der Waals surface area contributed by atoms with Crippen LogP contribution in [0.2, 0.25) is 0 Å². The van der Waals surface area contributed by atoms with Gasteiger partial charge in [-0.05, 0) is 58.0 Å². The van der Waals surface area contributed by atoms with E-state index in [1.54, 1.807) is 0 Å². The second-order valence-electron chi connectivity index (χ2n) is 6.58. The van der Waals surface area contributed by atoms with E-state index in [0.29, 0.717) is 6.04 Å². The number of hydrogen-bond acceptors (Lipinski definition) is 3. The van der Waals surface area contributed by atoms with Crippen LogP contribution in [0, 0.1) is 6.92 Å². The van der Waals surface area contributed by atoms with Gasteiger partial charge in [0.25, 0.3) is 0 Å². The van der Waals surface area contributed by atoms with Crippen LogP contribution in [0.5, 0.6) is 0 Å². The van der Waals surface area contributed by atoms with E-state index in [1.165, 1.54) is 30.6 Å². The van der Waals surface area contributed by atoms with Crippen LogP contribution in [0.3, 0.4) is 0 Å². The van der Waals surface area contributed by atoms with Crippen molar-refractivity contribution in [1.29, 1.82) is 0 Å². The zero-order valence-corrected chi connectivity index (χ0v) is 15.7. The van der Waals surface area contributed by atoms with Crippen LogP contribution < -0.4 is 15.5 Å². The summed E-state index contributed by atoms with van der Waals surface area (Å²) in [6.07, 6.45) is 2.58. The number of aryl methyl sites for hydroxylation is 1. The average molecular weight is 332 g/mol. The molecule has 5 nitrogen and oxygen atoms in total. The van der Waals surface area contributed by atoms with Gasteiger partial charge in [-0.3, -0.25) is 4.99 Å². The zero-order chi connectivity index (χ0) is 17.4. The molecule has 0 aliphatic carbocycles. The molecule has 1 heterocycles. The number of nitrogens with one attached hydrogen (secondary N) is 2. The monoisotopic (exact) mass is 331 g/mol. The lowest BCUT2D eigenvalue weighted by Crippen LogP contribution is -2.45. The van der Waals surface area contributed by atoms with Crippen LogP contribution in [-0.4, -0.2) is 63.7 Å². The van der Waals surface area contributed by atoms with E-state index >= 15 is 0 Å². The third-order valence-corrected chi connectivity index (χ3v) is 4.82. The highest BCUT2D eigenvalue weighted by Crippen LogP contribution is 2.15. The fourth-order valence-electron chi connectivity index (χ4n) is 3.28. The lowest BCUT2D eigenvalue weighted by atomic mass is 10.2. The predicted molar refractivity (Wildman–Crippen MR) is 104 cm³/mol. The van der Waals surface area contributed by atoms with Gasteiger partial charge in [0, 0.05) is 45.0 Å². The normalized spacial score (nSPS) is 18.7. The highest BCUT2D eigenvalue weighted by molar-refractivity contribution is 5.79. The number of aliphatic imine (C=N–C) groups is 1. The fraction of sp³-hybridized carbons (Fsp3) is 0.632. The van der Waals surface area contributed by atoms with E-state index in [1.807, 2.05) is 7.05 Å². The summed E-state index contributed by atoms with van der Waals surface area (Å²) < 4.78 is 0. The quantitative estimate of drug-likeness (QED) is 0.593. The first-order chi connectivity index (χ1) is 11.6. The van der Waals surface area contributed by atoms with Crippen LogP contribution in [0.15, 0.2) is 29.3 Å². The van der Waals surface area contributed by atoms with Gasteiger partial charge in [-0.1, -0.05) is 12.1 Å². The summed E-state index contributed by atoms with van der Waals surface area (Å²) in [6, 6.07) is 9.32. The van der Waals surface area contributed by atoms with Crippen molar-refractivity contribution in [3.8, 4) is 0 Å². The molecule has 0 aromatic heterocycles. The molecule has 1 fully saturated rings. The van der Waals surface area contributed by atoms with Crippen molar-refractivity contribution in [2.75, 3.05) is 51.7 Å². The first-order valence-corrected chi connectivity index (χ1v) is 9.10. The Morgan fingerprint density at radius 2 is 2.21 bits per heavy atom. The van der Waals surface area contributed by atoms with Crippen molar-refractivity contribution in [3.05, 3.63) is 29.8 Å². The highest BCUT2D eigenvalue weighted by atomic mass is 15.2. The second-order valence-corrected chi connectivity index (χ2v) is 6.58. The van der Waals surface area contributed by atoms with Gasteiger partial charge in [-0.25, -0.2) is 0 Å². The van der Waals surface area contributed by atoms with Crippen LogP contribution in [-0.2, 0) is 0 Å². The molecule has 0 saturated carbocycles. The molecule has 24 heavy (non-hydrogen) atoms. The molecule has 1 unspecified atom stereocenters. The van der Waals surface area contributed by atoms with Crippen LogP contribution >= 0.6 is 0 Å². The van der Waals surface area contributed by atoms with Gasteiger partial charge >= 0.3 is 0 Å². The lowest BCUT2D eigenvalue weighted by Gasteiger charge is -2.25. The van der Waals surface area contributed by atoms with E-state index in [4.69, 9.17) is 0 Å². The minimum Gasteiger partial charge on any atom is -0.370 e. The Kier molecular flexibility index (Phi) is 7.37. The van der Waals surface area contributed by atoms with Crippen molar-refractivity contribution < 1.29 is 0 Å². The van der Waals surface area contributed by atoms with Crippen molar-refractivity contribution in [1.82, 2.24) is 15.5 Å². The standard InChI is InChI=1S/C19H33N5/c1-5-24(17-9-6-8-16(2)14-17)13-11-21-19(20-3)22-15-18-10-7-12-23(18)4/h6,8-9,14,18H,5,7,10-13,15H2,1-4H3,(H2,20,21,22). The molecule has 0 amide bonds. The first-order valence-electron chi connectivity index (χ1n) is 9.10. The molecule has 1 saturated heterocycles. The number of likely N-dealkylation sites (N-methyl/N-ethyl adjacent to an activating group) is 2. The van der Waals surface area contributed by atoms with Crippen molar-refractivity contribution >= 4 is 11.6 Å². The molecule has 0 bridgehead atoms. The summed E-state index contributed by atoms with van der Waals surface area (Å²) in [5, 5.41) is 6.90. The van der Waals surface area contributed by atoms with E-state index in [9.17, 15) is 0 Å². The lowest BCUT2D eigenvalue weighted by molar-refractivity contribution is 0.309. The van der Waals surface area contributed by atoms with Gasteiger partial charge in [-0.2, -0.15) is 0 Å². The number of nitrogens with zero attached hydrogens (tertiary/aromatic N) is 3. The molecule has 2 rings (SSSR count). The zero-order valence-electron chi connectivity index (χ0n) is 15.7. The second kappa shape index (κ2) is 9.52. The van der Waals surface area contributed by atoms with Gasteiger partial charge in [0.15, 0.2) is 5.96 Å². The molecular weight excluding hydrogens is 298 g/mol.